The summed E-state index contributed by atoms with van der Waals surface area (Å²) in [7, 11) is 0. The largest absolute Gasteiger partial charge is 0.349 e. The van der Waals surface area contributed by atoms with E-state index >= 15 is 0 Å². The maximum Gasteiger partial charge on any atom is 0.254 e. The van der Waals surface area contributed by atoms with Crippen LogP contribution in [0.15, 0.2) is 22.9 Å². The van der Waals surface area contributed by atoms with E-state index in [1.165, 1.54) is 0 Å². The van der Waals surface area contributed by atoms with E-state index in [1.807, 2.05) is 18.7 Å². The highest BCUT2D eigenvalue weighted by molar-refractivity contribution is 9.10. The third kappa shape index (κ3) is 4.03. The monoisotopic (exact) mass is 353 g/mol. The van der Waals surface area contributed by atoms with Gasteiger partial charge in [0, 0.05) is 31.2 Å². The second-order valence-electron chi connectivity index (χ2n) is 5.57. The number of pyridine rings is 1. The number of hydrogen-bond donors (Lipinski definition) is 1. The average Bonchev–Trinajstić information content (AvgIpc) is 2.47. The van der Waals surface area contributed by atoms with Crippen molar-refractivity contribution in [3.8, 4) is 0 Å². The second-order valence-corrected chi connectivity index (χ2v) is 6.32. The molecule has 21 heavy (non-hydrogen) atoms. The predicted molar refractivity (Wildman–Crippen MR) is 83.8 cm³/mol. The molecule has 0 aromatic carbocycles. The fraction of sp³-hybridized carbons (Fsp3) is 0.533. The van der Waals surface area contributed by atoms with Gasteiger partial charge in [0.15, 0.2) is 0 Å². The minimum absolute atomic E-state index is 0.0301. The zero-order valence-corrected chi connectivity index (χ0v) is 13.9. The molecule has 1 N–H and O–H groups in total. The molecule has 0 bridgehead atoms. The van der Waals surface area contributed by atoms with E-state index in [9.17, 15) is 9.59 Å². The summed E-state index contributed by atoms with van der Waals surface area (Å²) in [5.41, 5.74) is 0.540. The summed E-state index contributed by atoms with van der Waals surface area (Å²) in [6.45, 7) is 5.23. The minimum atomic E-state index is -0.122. The summed E-state index contributed by atoms with van der Waals surface area (Å²) < 4.78 is 0.551. The van der Waals surface area contributed by atoms with Crippen LogP contribution < -0.4 is 5.32 Å². The van der Waals surface area contributed by atoms with Gasteiger partial charge in [-0.2, -0.15) is 0 Å². The van der Waals surface area contributed by atoms with E-state index in [-0.39, 0.29) is 23.8 Å². The lowest BCUT2D eigenvalue weighted by Crippen LogP contribution is -2.47. The van der Waals surface area contributed by atoms with Crippen LogP contribution in [0.25, 0.3) is 0 Å². The zero-order valence-electron chi connectivity index (χ0n) is 12.3. The van der Waals surface area contributed by atoms with Gasteiger partial charge in [0.2, 0.25) is 5.91 Å². The molecule has 0 saturated carbocycles. The molecule has 1 aliphatic rings. The van der Waals surface area contributed by atoms with Crippen molar-refractivity contribution in [2.45, 2.75) is 32.7 Å². The molecule has 1 aliphatic heterocycles. The van der Waals surface area contributed by atoms with Crippen LogP contribution in [0.1, 0.15) is 37.0 Å². The van der Waals surface area contributed by atoms with Crippen molar-refractivity contribution >= 4 is 27.7 Å². The van der Waals surface area contributed by atoms with Crippen LogP contribution in [0.2, 0.25) is 0 Å². The molecule has 2 heterocycles. The van der Waals surface area contributed by atoms with E-state index in [2.05, 4.69) is 26.2 Å². The van der Waals surface area contributed by atoms with Crippen LogP contribution in [0.4, 0.5) is 0 Å². The van der Waals surface area contributed by atoms with E-state index in [1.54, 1.807) is 18.3 Å². The van der Waals surface area contributed by atoms with E-state index in [0.717, 1.165) is 12.8 Å². The Hall–Kier alpha value is -1.43. The van der Waals surface area contributed by atoms with Gasteiger partial charge in [-0.3, -0.25) is 9.59 Å². The summed E-state index contributed by atoms with van der Waals surface area (Å²) in [6.07, 6.45) is 3.22. The van der Waals surface area contributed by atoms with Gasteiger partial charge in [0.1, 0.15) is 4.60 Å². The minimum Gasteiger partial charge on any atom is -0.349 e. The van der Waals surface area contributed by atoms with Gasteiger partial charge in [-0.1, -0.05) is 13.8 Å². The van der Waals surface area contributed by atoms with E-state index in [4.69, 9.17) is 0 Å². The van der Waals surface area contributed by atoms with Crippen molar-refractivity contribution in [2.75, 3.05) is 13.1 Å². The Labute approximate surface area is 133 Å². The van der Waals surface area contributed by atoms with Crippen molar-refractivity contribution in [3.63, 3.8) is 0 Å². The number of carbonyl (C=O) groups excluding carboxylic acids is 2. The van der Waals surface area contributed by atoms with E-state index in [0.29, 0.717) is 23.3 Å². The molecule has 1 aromatic heterocycles. The fourth-order valence-corrected chi connectivity index (χ4v) is 2.86. The van der Waals surface area contributed by atoms with Crippen LogP contribution in [0.5, 0.6) is 0 Å². The number of hydrogen-bond acceptors (Lipinski definition) is 3. The van der Waals surface area contributed by atoms with Crippen LogP contribution in [0.3, 0.4) is 0 Å². The Morgan fingerprint density at radius 2 is 2.05 bits per heavy atom. The molecule has 0 unspecified atom stereocenters. The van der Waals surface area contributed by atoms with Crippen LogP contribution >= 0.6 is 15.9 Å². The SMILES string of the molecule is CC(C)C(=O)N1CCC(NC(=O)c2cccnc2Br)CC1. The number of nitrogens with one attached hydrogen (secondary N) is 1. The number of nitrogens with zero attached hydrogens (tertiary/aromatic N) is 2. The number of amides is 2. The lowest BCUT2D eigenvalue weighted by atomic mass is 10.0. The maximum atomic E-state index is 12.2. The van der Waals surface area contributed by atoms with Crippen molar-refractivity contribution in [1.29, 1.82) is 0 Å². The van der Waals surface area contributed by atoms with E-state index < -0.39 is 0 Å². The normalized spacial score (nSPS) is 16.1. The van der Waals surface area contributed by atoms with Crippen molar-refractivity contribution in [2.24, 2.45) is 5.92 Å². The van der Waals surface area contributed by atoms with Crippen molar-refractivity contribution < 1.29 is 9.59 Å². The first-order valence-corrected chi connectivity index (χ1v) is 7.98. The molecule has 0 aliphatic carbocycles. The molecule has 2 rings (SSSR count). The van der Waals surface area contributed by atoms with Crippen LogP contribution in [0, 0.1) is 5.92 Å². The fourth-order valence-electron chi connectivity index (χ4n) is 2.43. The van der Waals surface area contributed by atoms with Gasteiger partial charge in [-0.25, -0.2) is 4.98 Å². The van der Waals surface area contributed by atoms with Gasteiger partial charge in [-0.15, -0.1) is 0 Å². The lowest BCUT2D eigenvalue weighted by molar-refractivity contribution is -0.135. The molecular weight excluding hydrogens is 334 g/mol. The standard InChI is InChI=1S/C15H20BrN3O2/c1-10(2)15(21)19-8-5-11(6-9-19)18-14(20)12-4-3-7-17-13(12)16/h3-4,7,10-11H,5-6,8-9H2,1-2H3,(H,18,20). The van der Waals surface area contributed by atoms with Gasteiger partial charge >= 0.3 is 0 Å². The molecule has 114 valence electrons. The topological polar surface area (TPSA) is 62.3 Å². The molecule has 1 aromatic rings. The Morgan fingerprint density at radius 3 is 2.62 bits per heavy atom. The second kappa shape index (κ2) is 7.02. The first kappa shape index (κ1) is 15.9. The van der Waals surface area contributed by atoms with Gasteiger partial charge in [0.25, 0.3) is 5.91 Å². The van der Waals surface area contributed by atoms with Crippen LogP contribution in [-0.2, 0) is 4.79 Å². The Bertz CT molecular complexity index is 525. The summed E-state index contributed by atoms with van der Waals surface area (Å²) >= 11 is 3.28. The third-order valence-electron chi connectivity index (χ3n) is 3.64. The molecule has 5 nitrogen and oxygen atoms in total. The van der Waals surface area contributed by atoms with Gasteiger partial charge < -0.3 is 10.2 Å². The number of rotatable bonds is 3. The Balaban J connectivity index is 1.88. The molecule has 2 amide bonds. The highest BCUT2D eigenvalue weighted by Crippen LogP contribution is 2.16. The number of carbonyl (C=O) groups is 2. The highest BCUT2D eigenvalue weighted by Gasteiger charge is 2.25. The maximum absolute atomic E-state index is 12.2. The quantitative estimate of drug-likeness (QED) is 0.847. The van der Waals surface area contributed by atoms with Gasteiger partial charge in [0.05, 0.1) is 5.56 Å². The molecule has 1 fully saturated rings. The number of aromatic nitrogens is 1. The summed E-state index contributed by atoms with van der Waals surface area (Å²) in [5, 5.41) is 3.02. The number of likely N-dealkylation sites (tertiary alicyclic amines) is 1. The highest BCUT2D eigenvalue weighted by atomic mass is 79.9. The average molecular weight is 354 g/mol. The molecule has 0 radical (unpaired) electrons. The molecule has 6 heteroatoms. The molecular formula is C15H20BrN3O2. The summed E-state index contributed by atoms with van der Waals surface area (Å²) in [5.74, 6) is 0.0980. The Morgan fingerprint density at radius 1 is 1.38 bits per heavy atom. The number of halogens is 1. The van der Waals surface area contributed by atoms with Crippen molar-refractivity contribution in [1.82, 2.24) is 15.2 Å². The number of piperidine rings is 1. The first-order valence-electron chi connectivity index (χ1n) is 7.19. The zero-order chi connectivity index (χ0) is 15.4. The van der Waals surface area contributed by atoms with Crippen LogP contribution in [-0.4, -0.2) is 40.8 Å². The third-order valence-corrected chi connectivity index (χ3v) is 4.27. The molecule has 0 atom stereocenters. The first-order chi connectivity index (χ1) is 9.99. The smallest absolute Gasteiger partial charge is 0.254 e. The van der Waals surface area contributed by atoms with Gasteiger partial charge in [-0.05, 0) is 40.9 Å². The summed E-state index contributed by atoms with van der Waals surface area (Å²) in [4.78, 5) is 30.0. The Kier molecular flexibility index (Phi) is 5.33. The molecule has 0 spiro atoms. The van der Waals surface area contributed by atoms with Crippen molar-refractivity contribution in [3.05, 3.63) is 28.5 Å². The predicted octanol–water partition coefficient (Wildman–Crippen LogP) is 2.22. The molecule has 1 saturated heterocycles. The lowest BCUT2D eigenvalue weighted by Gasteiger charge is -2.33. The summed E-state index contributed by atoms with van der Waals surface area (Å²) in [6, 6.07) is 3.59.